The summed E-state index contributed by atoms with van der Waals surface area (Å²) in [6.07, 6.45) is 2.45. The van der Waals surface area contributed by atoms with E-state index in [1.807, 2.05) is 0 Å². The first kappa shape index (κ1) is 29.0. The molecular weight excluding hydrogens is 567 g/mol. The minimum absolute atomic E-state index is 0.0548. The zero-order chi connectivity index (χ0) is 30.4. The van der Waals surface area contributed by atoms with E-state index in [4.69, 9.17) is 16.3 Å². The summed E-state index contributed by atoms with van der Waals surface area (Å²) < 4.78 is 20.7. The van der Waals surface area contributed by atoms with E-state index in [1.54, 1.807) is 45.0 Å². The Balaban J connectivity index is 1.47. The van der Waals surface area contributed by atoms with Crippen LogP contribution in [0.2, 0.25) is 5.02 Å². The summed E-state index contributed by atoms with van der Waals surface area (Å²) in [7, 11) is 0. The van der Waals surface area contributed by atoms with Gasteiger partial charge in [-0.3, -0.25) is 10.1 Å². The molecule has 4 aromatic rings. The molecule has 0 spiro atoms. The zero-order valence-corrected chi connectivity index (χ0v) is 24.0. The van der Waals surface area contributed by atoms with Crippen molar-refractivity contribution in [3.05, 3.63) is 82.1 Å². The van der Waals surface area contributed by atoms with Gasteiger partial charge in [0.1, 0.15) is 17.2 Å². The van der Waals surface area contributed by atoms with Crippen LogP contribution in [0.4, 0.5) is 20.7 Å². The van der Waals surface area contributed by atoms with Gasteiger partial charge in [0, 0.05) is 28.6 Å². The first-order valence-corrected chi connectivity index (χ1v) is 13.4. The molecule has 3 heterocycles. The molecule has 42 heavy (non-hydrogen) atoms. The average Bonchev–Trinajstić information content (AvgIpc) is 3.50. The number of anilines is 2. The Morgan fingerprint density at radius 3 is 2.64 bits per heavy atom. The third kappa shape index (κ3) is 5.76. The molecule has 4 N–H and O–H groups in total. The lowest BCUT2D eigenvalue weighted by atomic mass is 9.98. The number of aryl methyl sites for hydroxylation is 1. The fourth-order valence-electron chi connectivity index (χ4n) is 4.91. The van der Waals surface area contributed by atoms with Crippen LogP contribution in [0.15, 0.2) is 48.8 Å². The van der Waals surface area contributed by atoms with Crippen molar-refractivity contribution in [3.8, 4) is 22.4 Å². The highest BCUT2D eigenvalue weighted by Gasteiger charge is 2.48. The number of pyridine rings is 2. The van der Waals surface area contributed by atoms with Crippen LogP contribution in [0, 0.1) is 11.2 Å². The van der Waals surface area contributed by atoms with E-state index in [0.29, 0.717) is 38.6 Å². The monoisotopic (exact) mass is 594 g/mol. The molecule has 1 atom stereocenters. The lowest BCUT2D eigenvalue weighted by Crippen LogP contribution is -2.42. The highest BCUT2D eigenvalue weighted by molar-refractivity contribution is 6.31. The van der Waals surface area contributed by atoms with Crippen molar-refractivity contribution >= 4 is 35.1 Å². The highest BCUT2D eigenvalue weighted by Crippen LogP contribution is 2.41. The number of rotatable bonds is 5. The molecule has 3 aromatic heterocycles. The molecule has 11 nitrogen and oxygen atoms in total. The van der Waals surface area contributed by atoms with Crippen LogP contribution < -0.4 is 15.4 Å². The van der Waals surface area contributed by atoms with E-state index in [1.165, 1.54) is 31.5 Å². The number of aliphatic hydroxyl groups is 1. The quantitative estimate of drug-likeness (QED) is 0.143. The van der Waals surface area contributed by atoms with Crippen molar-refractivity contribution in [2.45, 2.75) is 51.7 Å². The fourth-order valence-corrected chi connectivity index (χ4v) is 5.08. The van der Waals surface area contributed by atoms with Crippen LogP contribution in [-0.4, -0.2) is 37.7 Å². The maximum Gasteiger partial charge on any atom is 0.412 e. The molecule has 1 unspecified atom stereocenters. The van der Waals surface area contributed by atoms with E-state index in [-0.39, 0.29) is 40.9 Å². The van der Waals surface area contributed by atoms with Gasteiger partial charge in [-0.15, -0.1) is 0 Å². The van der Waals surface area contributed by atoms with Crippen LogP contribution in [0.3, 0.4) is 0 Å². The Morgan fingerprint density at radius 2 is 1.95 bits per heavy atom. The van der Waals surface area contributed by atoms with Gasteiger partial charge in [0.05, 0.1) is 23.1 Å². The Kier molecular flexibility index (Phi) is 7.37. The van der Waals surface area contributed by atoms with E-state index < -0.39 is 23.2 Å². The van der Waals surface area contributed by atoms with Gasteiger partial charge in [-0.05, 0) is 70.0 Å². The van der Waals surface area contributed by atoms with Crippen molar-refractivity contribution in [2.24, 2.45) is 0 Å². The number of imidazole rings is 1. The predicted molar refractivity (Wildman–Crippen MR) is 153 cm³/mol. The predicted octanol–water partition coefficient (Wildman–Crippen LogP) is 5.05. The molecule has 1 aliphatic carbocycles. The topological polar surface area (TPSA) is 156 Å². The number of benzene rings is 1. The number of carbonyl (C=O) groups is 2. The van der Waals surface area contributed by atoms with Crippen molar-refractivity contribution in [2.75, 3.05) is 10.6 Å². The van der Waals surface area contributed by atoms with E-state index in [9.17, 15) is 24.3 Å². The molecule has 2 amide bonds. The van der Waals surface area contributed by atoms with Crippen molar-refractivity contribution < 1.29 is 28.6 Å². The normalized spacial score (nSPS) is 16.2. The summed E-state index contributed by atoms with van der Waals surface area (Å²) in [5.41, 5.74) is -0.197. The van der Waals surface area contributed by atoms with Crippen LogP contribution in [0.25, 0.3) is 22.4 Å². The number of nitrogens with zero attached hydrogens (tertiary/aromatic N) is 3. The molecule has 5 rings (SSSR count). The molecule has 1 aromatic carbocycles. The molecule has 0 radical (unpaired) electrons. The highest BCUT2D eigenvalue weighted by atomic mass is 35.5. The molecule has 0 aliphatic heterocycles. The molecule has 0 fully saturated rings. The summed E-state index contributed by atoms with van der Waals surface area (Å²) in [6.45, 7) is 6.53. The zero-order valence-electron chi connectivity index (χ0n) is 23.2. The Morgan fingerprint density at radius 1 is 1.19 bits per heavy atom. The minimum Gasteiger partial charge on any atom is -0.618 e. The molecule has 0 bridgehead atoms. The summed E-state index contributed by atoms with van der Waals surface area (Å²) in [6, 6.07) is 9.45. The number of amides is 2. The van der Waals surface area contributed by atoms with E-state index in [2.05, 4.69) is 25.6 Å². The average molecular weight is 595 g/mol. The Labute approximate surface area is 245 Å². The van der Waals surface area contributed by atoms with Crippen molar-refractivity contribution in [1.29, 1.82) is 0 Å². The van der Waals surface area contributed by atoms with Crippen LogP contribution in [0.5, 0.6) is 0 Å². The molecule has 218 valence electrons. The number of hydrogen-bond acceptors (Lipinski definition) is 7. The van der Waals surface area contributed by atoms with E-state index in [0.717, 1.165) is 0 Å². The van der Waals surface area contributed by atoms with Crippen LogP contribution in [-0.2, 0) is 21.6 Å². The van der Waals surface area contributed by atoms with Crippen molar-refractivity contribution in [1.82, 2.24) is 15.0 Å². The number of hydrogen-bond donors (Lipinski definition) is 4. The van der Waals surface area contributed by atoms with E-state index >= 15 is 0 Å². The summed E-state index contributed by atoms with van der Waals surface area (Å²) in [5, 5.41) is 30.6. The fraction of sp³-hybridized carbons (Fsp3) is 0.276. The van der Waals surface area contributed by atoms with Crippen LogP contribution in [0.1, 0.15) is 51.2 Å². The van der Waals surface area contributed by atoms with Gasteiger partial charge in [0.2, 0.25) is 23.1 Å². The first-order valence-electron chi connectivity index (χ1n) is 13.0. The second-order valence-electron chi connectivity index (χ2n) is 11.0. The summed E-state index contributed by atoms with van der Waals surface area (Å²) >= 11 is 6.26. The number of ether oxygens (including phenoxy) is 1. The smallest absolute Gasteiger partial charge is 0.412 e. The van der Waals surface area contributed by atoms with Gasteiger partial charge in [0.25, 0.3) is 0 Å². The number of aromatic nitrogens is 4. The number of H-pyrrole nitrogens is 1. The minimum atomic E-state index is -1.78. The number of halogens is 2. The Hall–Kier alpha value is -4.55. The summed E-state index contributed by atoms with van der Waals surface area (Å²) in [4.78, 5) is 34.6. The molecular formula is C29H28ClFN6O5. The number of aromatic amines is 1. The van der Waals surface area contributed by atoms with Crippen molar-refractivity contribution in [3.63, 3.8) is 0 Å². The molecule has 0 saturated carbocycles. The van der Waals surface area contributed by atoms with Gasteiger partial charge >= 0.3 is 6.09 Å². The largest absolute Gasteiger partial charge is 0.618 e. The molecule has 1 aliphatic rings. The number of carbonyl (C=O) groups excluding carboxylic acids is 2. The second-order valence-corrected chi connectivity index (χ2v) is 11.4. The Bertz CT molecular complexity index is 1720. The second kappa shape index (κ2) is 10.7. The molecule has 0 saturated heterocycles. The number of nitrogens with one attached hydrogen (secondary N) is 3. The van der Waals surface area contributed by atoms with Crippen LogP contribution >= 0.6 is 11.6 Å². The molecule has 13 heteroatoms. The van der Waals surface area contributed by atoms with Gasteiger partial charge in [-0.2, -0.15) is 9.12 Å². The van der Waals surface area contributed by atoms with Gasteiger partial charge in [-0.1, -0.05) is 11.6 Å². The standard InChI is InChI=1S/C29H28ClFN6O5/c1-15(38)33-23-8-6-19(25(31)36-23)22-13-32-26(34-22)29(40)10-9-16-11-17(14-37(41)24(16)29)20-12-18(30)5-7-21(20)35-27(39)42-28(2,3)4/h5-8,11-14,40H,9-10H2,1-4H3,(H,32,34)(H,35,39)(H,33,36,38). The third-order valence-corrected chi connectivity index (χ3v) is 6.83. The first-order chi connectivity index (χ1) is 19.7. The SMILES string of the molecule is CC(=O)Nc1ccc(-c2cnc(C3(O)CCc4cc(-c5cc(Cl)ccc5NC(=O)OC(C)(C)C)c[n+]([O-])c43)[nH]2)c(F)n1. The third-order valence-electron chi connectivity index (χ3n) is 6.60. The maximum absolute atomic E-state index is 14.7. The lowest BCUT2D eigenvalue weighted by Gasteiger charge is -2.21. The van der Waals surface area contributed by atoms with Gasteiger partial charge < -0.3 is 25.4 Å². The summed E-state index contributed by atoms with van der Waals surface area (Å²) in [5.74, 6) is -1.12. The maximum atomic E-state index is 14.7. The lowest BCUT2D eigenvalue weighted by molar-refractivity contribution is -0.620. The van der Waals surface area contributed by atoms with Gasteiger partial charge in [0.15, 0.2) is 6.20 Å². The van der Waals surface area contributed by atoms with Gasteiger partial charge in [-0.25, -0.2) is 14.8 Å². The number of fused-ring (bicyclic) bond motifs is 1.